The third-order valence-corrected chi connectivity index (χ3v) is 5.29. The first kappa shape index (κ1) is 17.3. The predicted molar refractivity (Wildman–Crippen MR) is 112 cm³/mol. The number of ether oxygens (including phenoxy) is 1. The van der Waals surface area contributed by atoms with Gasteiger partial charge in [0.05, 0.1) is 15.9 Å². The molecule has 0 aliphatic carbocycles. The maximum atomic E-state index is 12.8. The van der Waals surface area contributed by atoms with Crippen LogP contribution in [0.3, 0.4) is 0 Å². The van der Waals surface area contributed by atoms with Crippen molar-refractivity contribution in [2.75, 3.05) is 5.32 Å². The molecule has 3 aromatic heterocycles. The second kappa shape index (κ2) is 6.99. The van der Waals surface area contributed by atoms with Crippen molar-refractivity contribution in [1.29, 1.82) is 0 Å². The molecule has 2 aromatic carbocycles. The summed E-state index contributed by atoms with van der Waals surface area (Å²) in [5.41, 5.74) is 2.36. The number of aromatic nitrogens is 4. The van der Waals surface area contributed by atoms with E-state index >= 15 is 0 Å². The number of rotatable bonds is 4. The van der Waals surface area contributed by atoms with Crippen LogP contribution >= 0.6 is 11.3 Å². The molecule has 0 aliphatic heterocycles. The second-order valence-electron chi connectivity index (χ2n) is 6.37. The number of benzene rings is 2. The van der Waals surface area contributed by atoms with E-state index in [0.29, 0.717) is 27.8 Å². The molecule has 1 amide bonds. The lowest BCUT2D eigenvalue weighted by molar-refractivity contribution is 0.102. The summed E-state index contributed by atoms with van der Waals surface area (Å²) in [5, 5.41) is 7.71. The van der Waals surface area contributed by atoms with E-state index in [-0.39, 0.29) is 5.91 Å². The van der Waals surface area contributed by atoms with Crippen molar-refractivity contribution < 1.29 is 9.53 Å². The highest BCUT2D eigenvalue weighted by Crippen LogP contribution is 2.31. The van der Waals surface area contributed by atoms with Crippen molar-refractivity contribution in [3.8, 4) is 11.5 Å². The van der Waals surface area contributed by atoms with Crippen molar-refractivity contribution in [2.45, 2.75) is 6.92 Å². The summed E-state index contributed by atoms with van der Waals surface area (Å²) in [6.07, 6.45) is 3.40. The third kappa shape index (κ3) is 3.30. The maximum absolute atomic E-state index is 12.8. The standard InChI is InChI=1S/C21H15N5O2S/c1-13-18(19-22-10-5-11-26(19)25-13)20(27)24-21-23-16-9-8-15(12-17(16)29-21)28-14-6-3-2-4-7-14/h2-12H,1H3,(H,23,24,27). The average Bonchev–Trinajstić information content (AvgIpc) is 3.27. The molecular formula is C21H15N5O2S. The van der Waals surface area contributed by atoms with Crippen LogP contribution in [0.25, 0.3) is 15.9 Å². The zero-order chi connectivity index (χ0) is 19.8. The van der Waals surface area contributed by atoms with Gasteiger partial charge in [-0.05, 0) is 37.3 Å². The molecule has 3 heterocycles. The van der Waals surface area contributed by atoms with E-state index in [1.165, 1.54) is 11.3 Å². The van der Waals surface area contributed by atoms with E-state index in [1.807, 2.05) is 48.5 Å². The molecule has 0 aliphatic rings. The molecule has 8 heteroatoms. The van der Waals surface area contributed by atoms with E-state index < -0.39 is 0 Å². The lowest BCUT2D eigenvalue weighted by Crippen LogP contribution is -2.13. The summed E-state index contributed by atoms with van der Waals surface area (Å²) in [6.45, 7) is 1.79. The smallest absolute Gasteiger partial charge is 0.263 e. The quantitative estimate of drug-likeness (QED) is 0.472. The minimum atomic E-state index is -0.281. The Kier molecular flexibility index (Phi) is 4.18. The summed E-state index contributed by atoms with van der Waals surface area (Å²) in [6, 6.07) is 17.0. The Morgan fingerprint density at radius 2 is 1.97 bits per heavy atom. The number of para-hydroxylation sites is 1. The zero-order valence-corrected chi connectivity index (χ0v) is 16.2. The third-order valence-electron chi connectivity index (χ3n) is 4.36. The van der Waals surface area contributed by atoms with Gasteiger partial charge in [0, 0.05) is 18.5 Å². The Balaban J connectivity index is 1.42. The van der Waals surface area contributed by atoms with Crippen LogP contribution in [0.5, 0.6) is 11.5 Å². The van der Waals surface area contributed by atoms with Gasteiger partial charge in [0.2, 0.25) is 0 Å². The van der Waals surface area contributed by atoms with Gasteiger partial charge in [-0.25, -0.2) is 14.5 Å². The molecule has 0 fully saturated rings. The number of nitrogens with one attached hydrogen (secondary N) is 1. The number of thiazole rings is 1. The number of hydrogen-bond donors (Lipinski definition) is 1. The Hall–Kier alpha value is -3.78. The van der Waals surface area contributed by atoms with E-state index in [9.17, 15) is 4.79 Å². The van der Waals surface area contributed by atoms with Crippen LogP contribution < -0.4 is 10.1 Å². The molecule has 0 atom stereocenters. The van der Waals surface area contributed by atoms with Crippen LogP contribution in [0.1, 0.15) is 16.1 Å². The van der Waals surface area contributed by atoms with Gasteiger partial charge >= 0.3 is 0 Å². The zero-order valence-electron chi connectivity index (χ0n) is 15.4. The highest BCUT2D eigenvalue weighted by atomic mass is 32.1. The van der Waals surface area contributed by atoms with Crippen LogP contribution in [0, 0.1) is 6.92 Å². The average molecular weight is 401 g/mol. The number of aryl methyl sites for hydroxylation is 1. The highest BCUT2D eigenvalue weighted by Gasteiger charge is 2.19. The predicted octanol–water partition coefficient (Wildman–Crippen LogP) is 4.69. The summed E-state index contributed by atoms with van der Waals surface area (Å²) in [4.78, 5) is 21.6. The fraction of sp³-hybridized carbons (Fsp3) is 0.0476. The normalized spacial score (nSPS) is 11.1. The molecule has 7 nitrogen and oxygen atoms in total. The maximum Gasteiger partial charge on any atom is 0.263 e. The minimum Gasteiger partial charge on any atom is -0.457 e. The van der Waals surface area contributed by atoms with Crippen LogP contribution in [0.4, 0.5) is 5.13 Å². The van der Waals surface area contributed by atoms with Gasteiger partial charge in [-0.2, -0.15) is 5.10 Å². The molecule has 1 N–H and O–H groups in total. The monoisotopic (exact) mass is 401 g/mol. The first-order chi connectivity index (χ1) is 14.2. The number of anilines is 1. The van der Waals surface area contributed by atoms with Gasteiger partial charge in [0.15, 0.2) is 10.8 Å². The number of nitrogens with zero attached hydrogens (tertiary/aromatic N) is 4. The van der Waals surface area contributed by atoms with Gasteiger partial charge < -0.3 is 4.74 Å². The fourth-order valence-electron chi connectivity index (χ4n) is 3.07. The molecule has 0 radical (unpaired) electrons. The van der Waals surface area contributed by atoms with E-state index in [2.05, 4.69) is 20.4 Å². The van der Waals surface area contributed by atoms with Crippen molar-refractivity contribution in [3.63, 3.8) is 0 Å². The number of carbonyl (C=O) groups is 1. The summed E-state index contributed by atoms with van der Waals surface area (Å²) < 4.78 is 8.38. The van der Waals surface area contributed by atoms with E-state index in [4.69, 9.17) is 4.74 Å². The van der Waals surface area contributed by atoms with Gasteiger partial charge in [-0.1, -0.05) is 29.5 Å². The molecule has 0 spiro atoms. The Labute approximate surface area is 169 Å². The molecule has 0 saturated carbocycles. The molecule has 0 saturated heterocycles. The van der Waals surface area contributed by atoms with Gasteiger partial charge in [0.25, 0.3) is 5.91 Å². The second-order valence-corrected chi connectivity index (χ2v) is 7.40. The first-order valence-electron chi connectivity index (χ1n) is 8.92. The van der Waals surface area contributed by atoms with Crippen molar-refractivity contribution >= 4 is 38.2 Å². The summed E-state index contributed by atoms with van der Waals surface area (Å²) in [5.74, 6) is 1.20. The van der Waals surface area contributed by atoms with Crippen molar-refractivity contribution in [3.05, 3.63) is 78.2 Å². The van der Waals surface area contributed by atoms with Crippen molar-refractivity contribution in [2.24, 2.45) is 0 Å². The molecule has 5 aromatic rings. The number of carbonyl (C=O) groups excluding carboxylic acids is 1. The molecular weight excluding hydrogens is 386 g/mol. The molecule has 0 bridgehead atoms. The highest BCUT2D eigenvalue weighted by molar-refractivity contribution is 7.22. The van der Waals surface area contributed by atoms with Crippen LogP contribution in [-0.4, -0.2) is 25.5 Å². The van der Waals surface area contributed by atoms with E-state index in [0.717, 1.165) is 16.0 Å². The van der Waals surface area contributed by atoms with Gasteiger partial charge in [-0.15, -0.1) is 0 Å². The number of amides is 1. The molecule has 142 valence electrons. The van der Waals surface area contributed by atoms with E-state index in [1.54, 1.807) is 29.9 Å². The lowest BCUT2D eigenvalue weighted by Gasteiger charge is -2.04. The topological polar surface area (TPSA) is 81.4 Å². The number of fused-ring (bicyclic) bond motifs is 2. The van der Waals surface area contributed by atoms with Gasteiger partial charge in [0.1, 0.15) is 17.1 Å². The van der Waals surface area contributed by atoms with Gasteiger partial charge in [-0.3, -0.25) is 10.1 Å². The number of hydrogen-bond acceptors (Lipinski definition) is 6. The molecule has 29 heavy (non-hydrogen) atoms. The SMILES string of the molecule is Cc1nn2cccnc2c1C(=O)Nc1nc2ccc(Oc3ccccc3)cc2s1. The summed E-state index contributed by atoms with van der Waals surface area (Å²) in [7, 11) is 0. The molecule has 5 rings (SSSR count). The Morgan fingerprint density at radius 1 is 1.10 bits per heavy atom. The van der Waals surface area contributed by atoms with Crippen molar-refractivity contribution in [1.82, 2.24) is 19.6 Å². The van der Waals surface area contributed by atoms with Crippen LogP contribution in [0.15, 0.2) is 67.0 Å². The molecule has 0 unspecified atom stereocenters. The fourth-order valence-corrected chi connectivity index (χ4v) is 3.96. The van der Waals surface area contributed by atoms with Crippen LogP contribution in [0.2, 0.25) is 0 Å². The minimum absolute atomic E-state index is 0.281. The Morgan fingerprint density at radius 3 is 2.83 bits per heavy atom. The van der Waals surface area contributed by atoms with Crippen LogP contribution in [-0.2, 0) is 0 Å². The Bertz CT molecular complexity index is 1340. The summed E-state index contributed by atoms with van der Waals surface area (Å²) >= 11 is 1.39. The first-order valence-corrected chi connectivity index (χ1v) is 9.74. The lowest BCUT2D eigenvalue weighted by atomic mass is 10.2. The largest absolute Gasteiger partial charge is 0.457 e.